The molecule has 15 heavy (non-hydrogen) atoms. The van der Waals surface area contributed by atoms with Crippen LogP contribution in [0.4, 0.5) is 0 Å². The Morgan fingerprint density at radius 3 is 2.20 bits per heavy atom. The summed E-state index contributed by atoms with van der Waals surface area (Å²) in [6, 6.07) is 6.68. The molecule has 1 rings (SSSR count). The van der Waals surface area contributed by atoms with Gasteiger partial charge in [0.05, 0.1) is 7.11 Å². The lowest BCUT2D eigenvalue weighted by atomic mass is 10.1. The second-order valence-electron chi connectivity index (χ2n) is 2.94. The van der Waals surface area contributed by atoms with Crippen molar-refractivity contribution >= 4 is 10.4 Å². The average Bonchev–Trinajstić information content (AvgIpc) is 2.15. The molecule has 0 spiro atoms. The molecular weight excluding hydrogens is 220 g/mol. The van der Waals surface area contributed by atoms with Crippen LogP contribution in [-0.2, 0) is 14.6 Å². The Hall–Kier alpha value is -1.11. The van der Waals surface area contributed by atoms with Gasteiger partial charge in [-0.05, 0) is 24.6 Å². The fourth-order valence-electron chi connectivity index (χ4n) is 1.11. The monoisotopic (exact) mass is 232 g/mol. The highest BCUT2D eigenvalue weighted by Crippen LogP contribution is 2.21. The maximum atomic E-state index is 10.4. The van der Waals surface area contributed by atoms with E-state index in [0.29, 0.717) is 11.3 Å². The van der Waals surface area contributed by atoms with Crippen molar-refractivity contribution in [2.45, 2.75) is 13.0 Å². The third kappa shape index (κ3) is 3.86. The molecule has 0 fully saturated rings. The molecule has 0 aromatic heterocycles. The predicted octanol–water partition coefficient (Wildman–Crippen LogP) is 1.58. The van der Waals surface area contributed by atoms with Gasteiger partial charge < -0.3 is 4.74 Å². The summed E-state index contributed by atoms with van der Waals surface area (Å²) in [6.07, 6.45) is -0.731. The highest BCUT2D eigenvalue weighted by Gasteiger charge is 2.13. The van der Waals surface area contributed by atoms with Gasteiger partial charge in [0.25, 0.3) is 0 Å². The second kappa shape index (κ2) is 4.61. The molecule has 1 atom stereocenters. The molecule has 0 saturated carbocycles. The van der Waals surface area contributed by atoms with E-state index in [9.17, 15) is 8.42 Å². The van der Waals surface area contributed by atoms with Gasteiger partial charge in [0.1, 0.15) is 11.9 Å². The maximum absolute atomic E-state index is 10.4. The van der Waals surface area contributed by atoms with E-state index in [-0.39, 0.29) is 0 Å². The number of benzene rings is 1. The first kappa shape index (κ1) is 12.0. The summed E-state index contributed by atoms with van der Waals surface area (Å²) in [7, 11) is -2.88. The minimum Gasteiger partial charge on any atom is -0.497 e. The van der Waals surface area contributed by atoms with Crippen molar-refractivity contribution in [3.63, 3.8) is 0 Å². The average molecular weight is 232 g/mol. The van der Waals surface area contributed by atoms with Gasteiger partial charge in [0.2, 0.25) is 0 Å². The van der Waals surface area contributed by atoms with Gasteiger partial charge in [-0.2, -0.15) is 8.42 Å². The van der Waals surface area contributed by atoms with Gasteiger partial charge in [0.15, 0.2) is 0 Å². The first-order valence-electron chi connectivity index (χ1n) is 4.22. The van der Waals surface area contributed by atoms with E-state index in [2.05, 4.69) is 4.18 Å². The van der Waals surface area contributed by atoms with Gasteiger partial charge in [-0.25, -0.2) is 4.18 Å². The molecule has 0 amide bonds. The van der Waals surface area contributed by atoms with Gasteiger partial charge in [-0.1, -0.05) is 12.1 Å². The lowest BCUT2D eigenvalue weighted by molar-refractivity contribution is 0.201. The minimum absolute atomic E-state index is 0.633. The fraction of sp³-hybridized carbons (Fsp3) is 0.333. The number of hydrogen-bond acceptors (Lipinski definition) is 4. The van der Waals surface area contributed by atoms with Crippen molar-refractivity contribution in [1.82, 2.24) is 0 Å². The summed E-state index contributed by atoms with van der Waals surface area (Å²) < 4.78 is 38.7. The van der Waals surface area contributed by atoms with Crippen LogP contribution in [0.1, 0.15) is 18.6 Å². The maximum Gasteiger partial charge on any atom is 0.397 e. The molecule has 0 saturated heterocycles. The Bertz CT molecular complexity index is 409. The molecule has 0 aliphatic rings. The second-order valence-corrected chi connectivity index (χ2v) is 3.99. The van der Waals surface area contributed by atoms with E-state index < -0.39 is 16.5 Å². The number of ether oxygens (including phenoxy) is 1. The van der Waals surface area contributed by atoms with Crippen LogP contribution >= 0.6 is 0 Å². The molecule has 1 N–H and O–H groups in total. The smallest absolute Gasteiger partial charge is 0.397 e. The minimum atomic E-state index is -4.42. The number of rotatable bonds is 4. The van der Waals surface area contributed by atoms with Crippen LogP contribution in [0.3, 0.4) is 0 Å². The molecule has 0 aliphatic carbocycles. The molecule has 0 bridgehead atoms. The van der Waals surface area contributed by atoms with Crippen molar-refractivity contribution in [3.05, 3.63) is 29.8 Å². The van der Waals surface area contributed by atoms with Gasteiger partial charge in [0, 0.05) is 0 Å². The summed E-state index contributed by atoms with van der Waals surface area (Å²) in [4.78, 5) is 0. The molecule has 5 nitrogen and oxygen atoms in total. The van der Waals surface area contributed by atoms with E-state index in [1.807, 2.05) is 0 Å². The largest absolute Gasteiger partial charge is 0.497 e. The van der Waals surface area contributed by atoms with Gasteiger partial charge >= 0.3 is 10.4 Å². The van der Waals surface area contributed by atoms with E-state index >= 15 is 0 Å². The van der Waals surface area contributed by atoms with Crippen molar-refractivity contribution in [1.29, 1.82) is 0 Å². The van der Waals surface area contributed by atoms with E-state index in [0.717, 1.165) is 0 Å². The van der Waals surface area contributed by atoms with Crippen molar-refractivity contribution in [3.8, 4) is 5.75 Å². The Morgan fingerprint density at radius 1 is 1.27 bits per heavy atom. The molecule has 1 aromatic rings. The molecule has 0 heterocycles. The molecule has 1 unspecified atom stereocenters. The van der Waals surface area contributed by atoms with Crippen LogP contribution < -0.4 is 4.74 Å². The zero-order valence-electron chi connectivity index (χ0n) is 8.38. The SMILES string of the molecule is COc1ccc(C(C)OS(=O)(=O)O)cc1. The first-order chi connectivity index (χ1) is 6.92. The third-order valence-corrected chi connectivity index (χ3v) is 2.38. The van der Waals surface area contributed by atoms with Crippen LogP contribution in [0.15, 0.2) is 24.3 Å². The summed E-state index contributed by atoms with van der Waals surface area (Å²) >= 11 is 0. The molecule has 0 radical (unpaired) electrons. The molecular formula is C9H12O5S. The summed E-state index contributed by atoms with van der Waals surface area (Å²) in [6.45, 7) is 1.52. The van der Waals surface area contributed by atoms with Gasteiger partial charge in [-0.3, -0.25) is 4.55 Å². The summed E-state index contributed by atoms with van der Waals surface area (Å²) in [5, 5.41) is 0. The normalized spacial score (nSPS) is 13.5. The summed E-state index contributed by atoms with van der Waals surface area (Å²) in [5.41, 5.74) is 0.633. The van der Waals surface area contributed by atoms with Crippen LogP contribution in [0, 0.1) is 0 Å². The standard InChI is InChI=1S/C9H12O5S/c1-7(14-15(10,11)12)8-3-5-9(13-2)6-4-8/h3-7H,1-2H3,(H,10,11,12). The molecule has 84 valence electrons. The number of methoxy groups -OCH3 is 1. The topological polar surface area (TPSA) is 72.8 Å². The van der Waals surface area contributed by atoms with Crippen molar-refractivity contribution < 1.29 is 21.9 Å². The Morgan fingerprint density at radius 2 is 1.80 bits per heavy atom. The fourth-order valence-corrected chi connectivity index (χ4v) is 1.59. The quantitative estimate of drug-likeness (QED) is 0.798. The first-order valence-corrected chi connectivity index (χ1v) is 5.58. The van der Waals surface area contributed by atoms with Crippen LogP contribution in [0.2, 0.25) is 0 Å². The Kier molecular flexibility index (Phi) is 3.67. The zero-order chi connectivity index (χ0) is 11.5. The van der Waals surface area contributed by atoms with Crippen molar-refractivity contribution in [2.75, 3.05) is 7.11 Å². The Balaban J connectivity index is 2.78. The van der Waals surface area contributed by atoms with Crippen LogP contribution in [0.25, 0.3) is 0 Å². The van der Waals surface area contributed by atoms with Crippen molar-refractivity contribution in [2.24, 2.45) is 0 Å². The van der Waals surface area contributed by atoms with Crippen LogP contribution in [-0.4, -0.2) is 20.1 Å². The molecule has 6 heteroatoms. The zero-order valence-corrected chi connectivity index (χ0v) is 9.19. The highest BCUT2D eigenvalue weighted by atomic mass is 32.3. The van der Waals surface area contributed by atoms with Gasteiger partial charge in [-0.15, -0.1) is 0 Å². The number of hydrogen-bond donors (Lipinski definition) is 1. The van der Waals surface area contributed by atoms with E-state index in [1.54, 1.807) is 24.3 Å². The predicted molar refractivity (Wildman–Crippen MR) is 54.0 cm³/mol. The molecule has 1 aromatic carbocycles. The van der Waals surface area contributed by atoms with E-state index in [1.165, 1.54) is 14.0 Å². The lowest BCUT2D eigenvalue weighted by Gasteiger charge is -2.10. The van der Waals surface area contributed by atoms with E-state index in [4.69, 9.17) is 9.29 Å². The summed E-state index contributed by atoms with van der Waals surface area (Å²) in [5.74, 6) is 0.665. The molecule has 0 aliphatic heterocycles. The highest BCUT2D eigenvalue weighted by molar-refractivity contribution is 7.80. The van der Waals surface area contributed by atoms with Crippen LogP contribution in [0.5, 0.6) is 5.75 Å². The Labute approximate surface area is 88.6 Å². The lowest BCUT2D eigenvalue weighted by Crippen LogP contribution is -2.07. The third-order valence-electron chi connectivity index (χ3n) is 1.85.